The van der Waals surface area contributed by atoms with Gasteiger partial charge in [-0.15, -0.1) is 0 Å². The maximum atomic E-state index is 5.81. The first-order valence-corrected chi connectivity index (χ1v) is 6.00. The lowest BCUT2D eigenvalue weighted by Gasteiger charge is -2.22. The van der Waals surface area contributed by atoms with E-state index in [2.05, 4.69) is 15.6 Å². The van der Waals surface area contributed by atoms with E-state index in [1.54, 1.807) is 0 Å². The molecule has 2 heterocycles. The van der Waals surface area contributed by atoms with E-state index in [0.29, 0.717) is 24.3 Å². The SMILES string of the molecule is CN=C(NC1CC1)N[C@H]1C[C@H]2CC[C@H]1O2. The van der Waals surface area contributed by atoms with Crippen molar-refractivity contribution in [3.63, 3.8) is 0 Å². The summed E-state index contributed by atoms with van der Waals surface area (Å²) in [4.78, 5) is 4.25. The van der Waals surface area contributed by atoms with Gasteiger partial charge >= 0.3 is 0 Å². The van der Waals surface area contributed by atoms with Gasteiger partial charge in [-0.3, -0.25) is 4.99 Å². The molecule has 0 aromatic heterocycles. The number of hydrogen-bond acceptors (Lipinski definition) is 2. The Morgan fingerprint density at radius 2 is 2.07 bits per heavy atom. The molecule has 4 heteroatoms. The summed E-state index contributed by atoms with van der Waals surface area (Å²) < 4.78 is 5.81. The Hall–Kier alpha value is -0.770. The molecule has 1 saturated carbocycles. The maximum Gasteiger partial charge on any atom is 0.191 e. The van der Waals surface area contributed by atoms with E-state index in [9.17, 15) is 0 Å². The first kappa shape index (κ1) is 9.46. The van der Waals surface area contributed by atoms with Crippen LogP contribution in [-0.4, -0.2) is 37.3 Å². The van der Waals surface area contributed by atoms with Crippen LogP contribution in [0.1, 0.15) is 32.1 Å². The van der Waals surface area contributed by atoms with Gasteiger partial charge in [0, 0.05) is 13.1 Å². The molecule has 15 heavy (non-hydrogen) atoms. The molecule has 2 N–H and O–H groups in total. The quantitative estimate of drug-likeness (QED) is 0.518. The minimum atomic E-state index is 0.424. The van der Waals surface area contributed by atoms with Crippen molar-refractivity contribution >= 4 is 5.96 Å². The molecule has 0 aromatic rings. The van der Waals surface area contributed by atoms with Crippen LogP contribution in [0.2, 0.25) is 0 Å². The van der Waals surface area contributed by atoms with E-state index in [1.807, 2.05) is 7.05 Å². The van der Waals surface area contributed by atoms with Gasteiger partial charge in [0.05, 0.1) is 18.2 Å². The summed E-state index contributed by atoms with van der Waals surface area (Å²) in [5, 5.41) is 6.89. The smallest absolute Gasteiger partial charge is 0.191 e. The lowest BCUT2D eigenvalue weighted by molar-refractivity contribution is 0.0992. The molecule has 0 aromatic carbocycles. The van der Waals surface area contributed by atoms with Gasteiger partial charge < -0.3 is 15.4 Å². The highest BCUT2D eigenvalue weighted by Gasteiger charge is 2.41. The van der Waals surface area contributed by atoms with E-state index in [-0.39, 0.29) is 0 Å². The number of guanidine groups is 1. The molecule has 0 spiro atoms. The number of nitrogens with one attached hydrogen (secondary N) is 2. The zero-order valence-corrected chi connectivity index (χ0v) is 9.20. The minimum absolute atomic E-state index is 0.424. The summed E-state index contributed by atoms with van der Waals surface area (Å²) in [5.41, 5.74) is 0. The molecule has 3 fully saturated rings. The van der Waals surface area contributed by atoms with Crippen molar-refractivity contribution in [3.8, 4) is 0 Å². The molecule has 2 saturated heterocycles. The summed E-state index contributed by atoms with van der Waals surface area (Å²) in [6.45, 7) is 0. The summed E-state index contributed by atoms with van der Waals surface area (Å²) in [5.74, 6) is 0.957. The molecule has 3 rings (SSSR count). The van der Waals surface area contributed by atoms with Crippen molar-refractivity contribution < 1.29 is 4.74 Å². The van der Waals surface area contributed by atoms with Crippen molar-refractivity contribution in [1.82, 2.24) is 10.6 Å². The van der Waals surface area contributed by atoms with Crippen molar-refractivity contribution in [2.45, 2.75) is 56.4 Å². The molecule has 1 aliphatic carbocycles. The second kappa shape index (κ2) is 3.67. The van der Waals surface area contributed by atoms with Crippen LogP contribution in [-0.2, 0) is 4.74 Å². The highest BCUT2D eigenvalue weighted by molar-refractivity contribution is 5.80. The van der Waals surface area contributed by atoms with E-state index in [0.717, 1.165) is 12.4 Å². The lowest BCUT2D eigenvalue weighted by Crippen LogP contribution is -2.47. The average Bonchev–Trinajstić information content (AvgIpc) is 2.82. The van der Waals surface area contributed by atoms with Crippen LogP contribution in [0.25, 0.3) is 0 Å². The molecule has 3 aliphatic rings. The van der Waals surface area contributed by atoms with Crippen molar-refractivity contribution in [2.75, 3.05) is 7.05 Å². The second-order valence-corrected chi connectivity index (χ2v) is 4.85. The fraction of sp³-hybridized carbons (Fsp3) is 0.909. The lowest BCUT2D eigenvalue weighted by atomic mass is 9.96. The molecule has 2 aliphatic heterocycles. The van der Waals surface area contributed by atoms with Gasteiger partial charge in [0.1, 0.15) is 0 Å². The van der Waals surface area contributed by atoms with E-state index < -0.39 is 0 Å². The van der Waals surface area contributed by atoms with Crippen LogP contribution >= 0.6 is 0 Å². The largest absolute Gasteiger partial charge is 0.373 e. The van der Waals surface area contributed by atoms with Gasteiger partial charge in [-0.25, -0.2) is 0 Å². The number of aliphatic imine (C=N–C) groups is 1. The van der Waals surface area contributed by atoms with Crippen LogP contribution in [0.15, 0.2) is 4.99 Å². The number of nitrogens with zero attached hydrogens (tertiary/aromatic N) is 1. The highest BCUT2D eigenvalue weighted by atomic mass is 16.5. The third-order valence-electron chi connectivity index (χ3n) is 3.57. The number of rotatable bonds is 2. The first-order valence-electron chi connectivity index (χ1n) is 6.00. The number of fused-ring (bicyclic) bond motifs is 2. The fourth-order valence-corrected chi connectivity index (χ4v) is 2.56. The molecule has 2 bridgehead atoms. The second-order valence-electron chi connectivity index (χ2n) is 4.85. The van der Waals surface area contributed by atoms with Crippen LogP contribution in [0.4, 0.5) is 0 Å². The molecular formula is C11H19N3O. The van der Waals surface area contributed by atoms with E-state index in [4.69, 9.17) is 4.74 Å². The van der Waals surface area contributed by atoms with Crippen molar-refractivity contribution in [3.05, 3.63) is 0 Å². The van der Waals surface area contributed by atoms with Gasteiger partial charge in [-0.1, -0.05) is 0 Å². The molecular weight excluding hydrogens is 190 g/mol. The summed E-state index contributed by atoms with van der Waals surface area (Å²) in [6.07, 6.45) is 7.11. The zero-order chi connectivity index (χ0) is 10.3. The molecule has 0 unspecified atom stereocenters. The highest BCUT2D eigenvalue weighted by Crippen LogP contribution is 2.34. The maximum absolute atomic E-state index is 5.81. The van der Waals surface area contributed by atoms with Gasteiger partial charge in [-0.2, -0.15) is 0 Å². The molecule has 0 amide bonds. The first-order chi connectivity index (χ1) is 7.35. The third-order valence-corrected chi connectivity index (χ3v) is 3.57. The van der Waals surface area contributed by atoms with Crippen LogP contribution in [0.3, 0.4) is 0 Å². The standard InChI is InChI=1S/C11H19N3O/c1-12-11(13-7-2-3-7)14-9-6-8-4-5-10(9)15-8/h7-10H,2-6H2,1H3,(H2,12,13,14)/t8-,9+,10-/m1/s1. The number of ether oxygens (including phenoxy) is 1. The van der Waals surface area contributed by atoms with Crippen molar-refractivity contribution in [2.24, 2.45) is 4.99 Å². The number of hydrogen-bond donors (Lipinski definition) is 2. The Kier molecular flexibility index (Phi) is 2.31. The van der Waals surface area contributed by atoms with Crippen molar-refractivity contribution in [1.29, 1.82) is 0 Å². The van der Waals surface area contributed by atoms with Gasteiger partial charge in [-0.05, 0) is 32.1 Å². The van der Waals surface area contributed by atoms with Gasteiger partial charge in [0.15, 0.2) is 5.96 Å². The monoisotopic (exact) mass is 209 g/mol. The fourth-order valence-electron chi connectivity index (χ4n) is 2.56. The molecule has 3 atom stereocenters. The normalized spacial score (nSPS) is 39.5. The molecule has 0 radical (unpaired) electrons. The molecule has 84 valence electrons. The summed E-state index contributed by atoms with van der Waals surface area (Å²) in [7, 11) is 1.84. The van der Waals surface area contributed by atoms with Crippen LogP contribution < -0.4 is 10.6 Å². The van der Waals surface area contributed by atoms with E-state index >= 15 is 0 Å². The summed E-state index contributed by atoms with van der Waals surface area (Å²) >= 11 is 0. The van der Waals surface area contributed by atoms with Gasteiger partial charge in [0.2, 0.25) is 0 Å². The van der Waals surface area contributed by atoms with Crippen LogP contribution in [0.5, 0.6) is 0 Å². The topological polar surface area (TPSA) is 45.7 Å². The minimum Gasteiger partial charge on any atom is -0.373 e. The Bertz CT molecular complexity index is 275. The Balaban J connectivity index is 1.54. The van der Waals surface area contributed by atoms with E-state index in [1.165, 1.54) is 25.7 Å². The molecule has 4 nitrogen and oxygen atoms in total. The third kappa shape index (κ3) is 1.95. The predicted octanol–water partition coefficient (Wildman–Crippen LogP) is 0.634. The predicted molar refractivity (Wildman–Crippen MR) is 59.0 cm³/mol. The van der Waals surface area contributed by atoms with Gasteiger partial charge in [0.25, 0.3) is 0 Å². The Labute approximate surface area is 90.5 Å². The zero-order valence-electron chi connectivity index (χ0n) is 9.20. The Morgan fingerprint density at radius 3 is 2.60 bits per heavy atom. The summed E-state index contributed by atoms with van der Waals surface area (Å²) in [6, 6.07) is 1.14. The van der Waals surface area contributed by atoms with Crippen LogP contribution in [0, 0.1) is 0 Å². The Morgan fingerprint density at radius 1 is 1.20 bits per heavy atom. The average molecular weight is 209 g/mol.